The fourth-order valence-electron chi connectivity index (χ4n) is 2.33. The Morgan fingerprint density at radius 1 is 1.64 bits per heavy atom. The number of aliphatic hydroxyl groups is 1. The van der Waals surface area contributed by atoms with Crippen molar-refractivity contribution in [3.63, 3.8) is 0 Å². The molecule has 0 radical (unpaired) electrons. The largest absolute Gasteiger partial charge is 0.390 e. The van der Waals surface area contributed by atoms with E-state index in [1.54, 1.807) is 0 Å². The molecule has 1 aliphatic heterocycles. The molecule has 2 nitrogen and oxygen atoms in total. The molecule has 80 valence electrons. The van der Waals surface area contributed by atoms with Gasteiger partial charge in [-0.2, -0.15) is 0 Å². The molecule has 0 aromatic heterocycles. The third-order valence-corrected chi connectivity index (χ3v) is 3.31. The predicted molar refractivity (Wildman–Crippen MR) is 58.9 cm³/mol. The van der Waals surface area contributed by atoms with Crippen molar-refractivity contribution in [2.75, 3.05) is 13.1 Å². The maximum absolute atomic E-state index is 10.4. The zero-order chi connectivity index (χ0) is 10.4. The van der Waals surface area contributed by atoms with Crippen LogP contribution in [0.2, 0.25) is 0 Å². The first-order valence-electron chi connectivity index (χ1n) is 5.59. The van der Waals surface area contributed by atoms with E-state index in [2.05, 4.69) is 18.2 Å². The summed E-state index contributed by atoms with van der Waals surface area (Å²) in [5.74, 6) is 3.03. The van der Waals surface area contributed by atoms with E-state index in [0.717, 1.165) is 45.2 Å². The molecule has 14 heavy (non-hydrogen) atoms. The van der Waals surface area contributed by atoms with Crippen molar-refractivity contribution in [2.24, 2.45) is 5.92 Å². The summed E-state index contributed by atoms with van der Waals surface area (Å²) in [6, 6.07) is 0. The third-order valence-electron chi connectivity index (χ3n) is 3.31. The molecule has 1 heterocycles. The fourth-order valence-corrected chi connectivity index (χ4v) is 2.33. The summed E-state index contributed by atoms with van der Waals surface area (Å²) in [6.07, 6.45) is 9.71. The summed E-state index contributed by atoms with van der Waals surface area (Å²) < 4.78 is 0. The van der Waals surface area contributed by atoms with Gasteiger partial charge in [0.05, 0.1) is 5.60 Å². The van der Waals surface area contributed by atoms with Gasteiger partial charge in [0.1, 0.15) is 0 Å². The lowest BCUT2D eigenvalue weighted by Gasteiger charge is -2.40. The number of hydrogen-bond donors (Lipinski definition) is 2. The summed E-state index contributed by atoms with van der Waals surface area (Å²) in [6.45, 7) is 4.02. The van der Waals surface area contributed by atoms with Gasteiger partial charge in [-0.15, -0.1) is 12.3 Å². The molecule has 0 aromatic carbocycles. The fraction of sp³-hybridized carbons (Fsp3) is 0.833. The smallest absolute Gasteiger partial charge is 0.0700 e. The molecule has 2 heteroatoms. The Labute approximate surface area is 87.1 Å². The van der Waals surface area contributed by atoms with Crippen LogP contribution in [0, 0.1) is 18.3 Å². The SMILES string of the molecule is C#CCCCC1(O)CCNCC1CC. The molecule has 1 saturated heterocycles. The Bertz CT molecular complexity index is 209. The van der Waals surface area contributed by atoms with Crippen LogP contribution in [0.4, 0.5) is 0 Å². The second kappa shape index (κ2) is 5.38. The molecule has 0 aromatic rings. The van der Waals surface area contributed by atoms with Crippen LogP contribution in [0.5, 0.6) is 0 Å². The van der Waals surface area contributed by atoms with Crippen LogP contribution in [0.3, 0.4) is 0 Å². The maximum atomic E-state index is 10.4. The van der Waals surface area contributed by atoms with Gasteiger partial charge in [-0.25, -0.2) is 0 Å². The summed E-state index contributed by atoms with van der Waals surface area (Å²) in [5.41, 5.74) is -0.461. The van der Waals surface area contributed by atoms with Crippen molar-refractivity contribution in [3.05, 3.63) is 0 Å². The van der Waals surface area contributed by atoms with Crippen molar-refractivity contribution >= 4 is 0 Å². The van der Waals surface area contributed by atoms with E-state index in [-0.39, 0.29) is 0 Å². The predicted octanol–water partition coefficient (Wildman–Crippen LogP) is 1.54. The van der Waals surface area contributed by atoms with Crippen LogP contribution in [-0.2, 0) is 0 Å². The molecule has 0 amide bonds. The Hall–Kier alpha value is -0.520. The van der Waals surface area contributed by atoms with Gasteiger partial charge in [0.25, 0.3) is 0 Å². The van der Waals surface area contributed by atoms with Crippen LogP contribution in [-0.4, -0.2) is 23.8 Å². The van der Waals surface area contributed by atoms with E-state index in [1.807, 2.05) is 0 Å². The van der Waals surface area contributed by atoms with E-state index in [4.69, 9.17) is 6.42 Å². The van der Waals surface area contributed by atoms with Gasteiger partial charge in [0.2, 0.25) is 0 Å². The molecule has 0 spiro atoms. The second-order valence-corrected chi connectivity index (χ2v) is 4.22. The Kier molecular flexibility index (Phi) is 4.44. The molecule has 0 aliphatic carbocycles. The van der Waals surface area contributed by atoms with Gasteiger partial charge < -0.3 is 10.4 Å². The molecular formula is C12H21NO. The molecular weight excluding hydrogens is 174 g/mol. The Balaban J connectivity index is 2.46. The molecule has 0 saturated carbocycles. The molecule has 1 fully saturated rings. The topological polar surface area (TPSA) is 32.3 Å². The monoisotopic (exact) mass is 195 g/mol. The zero-order valence-corrected chi connectivity index (χ0v) is 9.05. The van der Waals surface area contributed by atoms with E-state index in [9.17, 15) is 5.11 Å². The van der Waals surface area contributed by atoms with Crippen molar-refractivity contribution in [2.45, 2.75) is 44.6 Å². The lowest BCUT2D eigenvalue weighted by atomic mass is 9.77. The van der Waals surface area contributed by atoms with Crippen molar-refractivity contribution in [1.82, 2.24) is 5.32 Å². The van der Waals surface area contributed by atoms with Crippen molar-refractivity contribution in [3.8, 4) is 12.3 Å². The Morgan fingerprint density at radius 2 is 2.43 bits per heavy atom. The van der Waals surface area contributed by atoms with Crippen LogP contribution in [0.25, 0.3) is 0 Å². The number of hydrogen-bond acceptors (Lipinski definition) is 2. The highest BCUT2D eigenvalue weighted by Gasteiger charge is 2.36. The molecule has 1 aliphatic rings. The molecule has 2 atom stereocenters. The lowest BCUT2D eigenvalue weighted by molar-refractivity contribution is -0.0497. The second-order valence-electron chi connectivity index (χ2n) is 4.22. The molecule has 2 unspecified atom stereocenters. The standard InChI is InChI=1S/C12H21NO/c1-3-5-6-7-12(14)8-9-13-10-11(12)4-2/h1,11,13-14H,4-10H2,2H3. The highest BCUT2D eigenvalue weighted by atomic mass is 16.3. The van der Waals surface area contributed by atoms with Gasteiger partial charge in [0.15, 0.2) is 0 Å². The van der Waals surface area contributed by atoms with Crippen LogP contribution >= 0.6 is 0 Å². The normalized spacial score (nSPS) is 32.5. The number of terminal acetylenes is 1. The number of piperidine rings is 1. The molecule has 1 rings (SSSR count). The van der Waals surface area contributed by atoms with Crippen molar-refractivity contribution < 1.29 is 5.11 Å². The molecule has 2 N–H and O–H groups in total. The van der Waals surface area contributed by atoms with E-state index >= 15 is 0 Å². The number of unbranched alkanes of at least 4 members (excludes halogenated alkanes) is 1. The van der Waals surface area contributed by atoms with E-state index in [0.29, 0.717) is 5.92 Å². The van der Waals surface area contributed by atoms with Crippen molar-refractivity contribution in [1.29, 1.82) is 0 Å². The third kappa shape index (κ3) is 2.73. The Morgan fingerprint density at radius 3 is 3.07 bits per heavy atom. The minimum atomic E-state index is -0.461. The van der Waals surface area contributed by atoms with Gasteiger partial charge in [-0.3, -0.25) is 0 Å². The minimum absolute atomic E-state index is 0.397. The average Bonchev–Trinajstić information content (AvgIpc) is 2.19. The quantitative estimate of drug-likeness (QED) is 0.527. The highest BCUT2D eigenvalue weighted by Crippen LogP contribution is 2.31. The highest BCUT2D eigenvalue weighted by molar-refractivity contribution is 4.93. The van der Waals surface area contributed by atoms with Crippen LogP contribution < -0.4 is 5.32 Å². The van der Waals surface area contributed by atoms with Crippen LogP contribution in [0.1, 0.15) is 39.0 Å². The van der Waals surface area contributed by atoms with Gasteiger partial charge in [0, 0.05) is 13.0 Å². The number of nitrogens with one attached hydrogen (secondary N) is 1. The summed E-state index contributed by atoms with van der Waals surface area (Å²) >= 11 is 0. The van der Waals surface area contributed by atoms with Crippen LogP contribution in [0.15, 0.2) is 0 Å². The van der Waals surface area contributed by atoms with Gasteiger partial charge >= 0.3 is 0 Å². The van der Waals surface area contributed by atoms with E-state index < -0.39 is 5.60 Å². The first-order chi connectivity index (χ1) is 6.73. The minimum Gasteiger partial charge on any atom is -0.390 e. The summed E-state index contributed by atoms with van der Waals surface area (Å²) in [4.78, 5) is 0. The number of rotatable bonds is 4. The van der Waals surface area contributed by atoms with Gasteiger partial charge in [-0.05, 0) is 38.1 Å². The summed E-state index contributed by atoms with van der Waals surface area (Å²) in [5, 5.41) is 13.8. The lowest BCUT2D eigenvalue weighted by Crippen LogP contribution is -2.49. The summed E-state index contributed by atoms with van der Waals surface area (Å²) in [7, 11) is 0. The van der Waals surface area contributed by atoms with E-state index in [1.165, 1.54) is 0 Å². The zero-order valence-electron chi connectivity index (χ0n) is 9.05. The molecule has 0 bridgehead atoms. The maximum Gasteiger partial charge on any atom is 0.0700 e. The average molecular weight is 195 g/mol. The van der Waals surface area contributed by atoms with Gasteiger partial charge in [-0.1, -0.05) is 6.92 Å². The first kappa shape index (κ1) is 11.6. The first-order valence-corrected chi connectivity index (χ1v) is 5.59.